The minimum atomic E-state index is -0.624. The summed E-state index contributed by atoms with van der Waals surface area (Å²) in [5.74, 6) is 0.666. The van der Waals surface area contributed by atoms with Crippen molar-refractivity contribution in [3.8, 4) is 0 Å². The largest absolute Gasteiger partial charge is 0.366 e. The molecule has 0 atom stereocenters. The molecule has 0 aliphatic carbocycles. The van der Waals surface area contributed by atoms with Crippen molar-refractivity contribution in [2.24, 2.45) is 5.73 Å². The fourth-order valence-corrected chi connectivity index (χ4v) is 2.26. The highest BCUT2D eigenvalue weighted by atomic mass is 35.5. The summed E-state index contributed by atoms with van der Waals surface area (Å²) in [5, 5.41) is 6.76. The van der Waals surface area contributed by atoms with Crippen molar-refractivity contribution in [2.75, 3.05) is 18.9 Å². The summed E-state index contributed by atoms with van der Waals surface area (Å²) >= 11 is 5.96. The Labute approximate surface area is 150 Å². The molecule has 3 N–H and O–H groups in total. The number of nitrogens with one attached hydrogen (secondary N) is 1. The number of anilines is 1. The van der Waals surface area contributed by atoms with E-state index < -0.39 is 5.91 Å². The lowest BCUT2D eigenvalue weighted by atomic mass is 10.2. The van der Waals surface area contributed by atoms with Gasteiger partial charge in [0.1, 0.15) is 0 Å². The maximum absolute atomic E-state index is 12.2. The van der Waals surface area contributed by atoms with Crippen LogP contribution < -0.4 is 11.1 Å². The first kappa shape index (κ1) is 18.7. The zero-order chi connectivity index (χ0) is 18.6. The number of nitrogens with zero attached hydrogens (tertiary/aromatic N) is 3. The topological polar surface area (TPSA) is 114 Å². The van der Waals surface area contributed by atoms with E-state index in [0.29, 0.717) is 30.4 Å². The molecule has 2 rings (SSSR count). The number of benzene rings is 1. The van der Waals surface area contributed by atoms with Gasteiger partial charge in [-0.25, -0.2) is 4.79 Å². The second-order valence-corrected chi connectivity index (χ2v) is 6.27. The Morgan fingerprint density at radius 1 is 1.40 bits per heavy atom. The quantitative estimate of drug-likeness (QED) is 0.816. The van der Waals surface area contributed by atoms with E-state index in [1.165, 1.54) is 17.0 Å². The lowest BCUT2D eigenvalue weighted by molar-refractivity contribution is 0.100. The molecule has 0 unspecified atom stereocenters. The SMILES string of the molecule is CC(C)c1nc(CCN(C)C(=O)Nc2ccc(C(N)=O)c(Cl)c2)no1. The highest BCUT2D eigenvalue weighted by Gasteiger charge is 2.14. The molecule has 0 saturated carbocycles. The van der Waals surface area contributed by atoms with E-state index in [1.54, 1.807) is 13.1 Å². The Kier molecular flexibility index (Phi) is 5.97. The maximum atomic E-state index is 12.2. The van der Waals surface area contributed by atoms with Gasteiger partial charge in [0, 0.05) is 31.6 Å². The van der Waals surface area contributed by atoms with Gasteiger partial charge in [0.25, 0.3) is 0 Å². The number of hydrogen-bond acceptors (Lipinski definition) is 5. The first-order valence-corrected chi connectivity index (χ1v) is 8.09. The van der Waals surface area contributed by atoms with Gasteiger partial charge in [-0.1, -0.05) is 30.6 Å². The minimum absolute atomic E-state index is 0.162. The van der Waals surface area contributed by atoms with Gasteiger partial charge in [-0.2, -0.15) is 4.98 Å². The van der Waals surface area contributed by atoms with Crippen LogP contribution in [0.15, 0.2) is 22.7 Å². The number of halogens is 1. The molecule has 25 heavy (non-hydrogen) atoms. The van der Waals surface area contributed by atoms with Gasteiger partial charge in [0.05, 0.1) is 10.6 Å². The molecule has 0 bridgehead atoms. The van der Waals surface area contributed by atoms with Crippen molar-refractivity contribution in [2.45, 2.75) is 26.2 Å². The number of carbonyl (C=O) groups is 2. The Balaban J connectivity index is 1.91. The molecule has 0 aliphatic heterocycles. The molecule has 1 heterocycles. The first-order chi connectivity index (χ1) is 11.8. The molecular weight excluding hydrogens is 346 g/mol. The van der Waals surface area contributed by atoms with Crippen LogP contribution in [0.4, 0.5) is 10.5 Å². The molecule has 8 nitrogen and oxygen atoms in total. The number of amides is 3. The number of likely N-dealkylation sites (N-methyl/N-ethyl adjacent to an activating group) is 1. The van der Waals surface area contributed by atoms with E-state index in [4.69, 9.17) is 21.9 Å². The lowest BCUT2D eigenvalue weighted by Crippen LogP contribution is -2.33. The summed E-state index contributed by atoms with van der Waals surface area (Å²) in [5.41, 5.74) is 5.86. The summed E-state index contributed by atoms with van der Waals surface area (Å²) in [4.78, 5) is 29.1. The number of primary amides is 1. The van der Waals surface area contributed by atoms with Crippen LogP contribution in [-0.4, -0.2) is 40.6 Å². The molecule has 9 heteroatoms. The van der Waals surface area contributed by atoms with Crippen molar-refractivity contribution in [3.63, 3.8) is 0 Å². The predicted octanol–water partition coefficient (Wildman–Crippen LogP) is 2.65. The van der Waals surface area contributed by atoms with E-state index in [2.05, 4.69) is 15.5 Å². The van der Waals surface area contributed by atoms with Crippen molar-refractivity contribution in [1.29, 1.82) is 0 Å². The lowest BCUT2D eigenvalue weighted by Gasteiger charge is -2.17. The van der Waals surface area contributed by atoms with Gasteiger partial charge in [-0.15, -0.1) is 0 Å². The third-order valence-corrected chi connectivity index (χ3v) is 3.79. The fraction of sp³-hybridized carbons (Fsp3) is 0.375. The van der Waals surface area contributed by atoms with Crippen molar-refractivity contribution in [3.05, 3.63) is 40.5 Å². The molecule has 0 spiro atoms. The molecule has 1 aromatic carbocycles. The molecule has 3 amide bonds. The Bertz CT molecular complexity index is 775. The number of carbonyl (C=O) groups excluding carboxylic acids is 2. The molecule has 1 aromatic heterocycles. The molecule has 0 aliphatic rings. The second kappa shape index (κ2) is 7.98. The standard InChI is InChI=1S/C16H20ClN5O3/c1-9(2)15-20-13(21-25-15)6-7-22(3)16(24)19-10-4-5-11(14(18)23)12(17)8-10/h4-5,8-9H,6-7H2,1-3H3,(H2,18,23)(H,19,24). The van der Waals surface area contributed by atoms with Crippen molar-refractivity contribution < 1.29 is 14.1 Å². The van der Waals surface area contributed by atoms with Crippen LogP contribution in [-0.2, 0) is 6.42 Å². The van der Waals surface area contributed by atoms with Gasteiger partial charge >= 0.3 is 6.03 Å². The molecular formula is C16H20ClN5O3. The third kappa shape index (κ3) is 4.93. The highest BCUT2D eigenvalue weighted by molar-refractivity contribution is 6.34. The smallest absolute Gasteiger partial charge is 0.321 e. The van der Waals surface area contributed by atoms with Gasteiger partial charge in [0.15, 0.2) is 5.82 Å². The van der Waals surface area contributed by atoms with Crippen LogP contribution in [0.2, 0.25) is 5.02 Å². The summed E-state index contributed by atoms with van der Waals surface area (Å²) < 4.78 is 5.13. The Hall–Kier alpha value is -2.61. The molecule has 134 valence electrons. The fourth-order valence-electron chi connectivity index (χ4n) is 1.98. The zero-order valence-corrected chi connectivity index (χ0v) is 15.0. The monoisotopic (exact) mass is 365 g/mol. The molecule has 2 aromatic rings. The molecule has 0 saturated heterocycles. The number of nitrogens with two attached hydrogens (primary N) is 1. The maximum Gasteiger partial charge on any atom is 0.321 e. The average Bonchev–Trinajstić information content (AvgIpc) is 3.01. The van der Waals surface area contributed by atoms with Gasteiger partial charge in [0.2, 0.25) is 11.8 Å². The van der Waals surface area contributed by atoms with Crippen LogP contribution in [0.1, 0.15) is 41.8 Å². The van der Waals surface area contributed by atoms with E-state index >= 15 is 0 Å². The highest BCUT2D eigenvalue weighted by Crippen LogP contribution is 2.20. The Morgan fingerprint density at radius 2 is 2.12 bits per heavy atom. The summed E-state index contributed by atoms with van der Waals surface area (Å²) in [6.07, 6.45) is 0.474. The van der Waals surface area contributed by atoms with Crippen LogP contribution in [0.25, 0.3) is 0 Å². The zero-order valence-electron chi connectivity index (χ0n) is 14.2. The van der Waals surface area contributed by atoms with Crippen molar-refractivity contribution >= 4 is 29.2 Å². The van der Waals surface area contributed by atoms with Crippen molar-refractivity contribution in [1.82, 2.24) is 15.0 Å². The minimum Gasteiger partial charge on any atom is -0.366 e. The van der Waals surface area contributed by atoms with Gasteiger partial charge < -0.3 is 20.5 Å². The summed E-state index contributed by atoms with van der Waals surface area (Å²) in [6, 6.07) is 4.18. The summed E-state index contributed by atoms with van der Waals surface area (Å²) in [7, 11) is 1.65. The number of aromatic nitrogens is 2. The van der Waals surface area contributed by atoms with E-state index in [0.717, 1.165) is 0 Å². The summed E-state index contributed by atoms with van der Waals surface area (Å²) in [6.45, 7) is 4.34. The van der Waals surface area contributed by atoms with E-state index in [9.17, 15) is 9.59 Å². The Morgan fingerprint density at radius 3 is 2.68 bits per heavy atom. The van der Waals surface area contributed by atoms with Crippen LogP contribution in [0.3, 0.4) is 0 Å². The normalized spacial score (nSPS) is 10.8. The number of rotatable bonds is 6. The second-order valence-electron chi connectivity index (χ2n) is 5.86. The number of urea groups is 1. The average molecular weight is 366 g/mol. The third-order valence-electron chi connectivity index (χ3n) is 3.48. The van der Waals surface area contributed by atoms with Gasteiger partial charge in [-0.3, -0.25) is 4.79 Å². The molecule has 0 fully saturated rings. The van der Waals surface area contributed by atoms with E-state index in [1.807, 2.05) is 13.8 Å². The molecule has 0 radical (unpaired) electrons. The van der Waals surface area contributed by atoms with E-state index in [-0.39, 0.29) is 22.5 Å². The first-order valence-electron chi connectivity index (χ1n) is 7.72. The van der Waals surface area contributed by atoms with Gasteiger partial charge in [-0.05, 0) is 18.2 Å². The predicted molar refractivity (Wildman–Crippen MR) is 93.7 cm³/mol. The number of hydrogen-bond donors (Lipinski definition) is 2. The van der Waals surface area contributed by atoms with Crippen LogP contribution in [0, 0.1) is 0 Å². The van der Waals surface area contributed by atoms with Crippen LogP contribution >= 0.6 is 11.6 Å². The van der Waals surface area contributed by atoms with Crippen LogP contribution in [0.5, 0.6) is 0 Å².